The van der Waals surface area contributed by atoms with Crippen LogP contribution in [0.15, 0.2) is 48.5 Å². The van der Waals surface area contributed by atoms with Crippen molar-refractivity contribution < 1.29 is 13.2 Å². The molecule has 0 amide bonds. The first-order chi connectivity index (χ1) is 13.8. The van der Waals surface area contributed by atoms with Gasteiger partial charge in [-0.2, -0.15) is 13.2 Å². The largest absolute Gasteiger partial charge is 0.416 e. The van der Waals surface area contributed by atoms with Gasteiger partial charge in [0.05, 0.1) is 11.3 Å². The van der Waals surface area contributed by atoms with Gasteiger partial charge in [0.25, 0.3) is 0 Å². The standard InChI is InChI=1S/C23H24F3N3/c1-3-28-10-12-29(13-11-28)22-20-9-4-16(2)14-18(20)15-21(27-22)17-5-7-19(8-6-17)23(24,25)26/h4-9,14-15H,3,10-13H2,1-2H3. The normalized spacial score (nSPS) is 15.8. The van der Waals surface area contributed by atoms with Gasteiger partial charge in [0.1, 0.15) is 5.82 Å². The van der Waals surface area contributed by atoms with E-state index in [2.05, 4.69) is 34.9 Å². The van der Waals surface area contributed by atoms with Crippen molar-refractivity contribution in [2.24, 2.45) is 0 Å². The van der Waals surface area contributed by atoms with Crippen molar-refractivity contribution in [2.75, 3.05) is 37.6 Å². The fourth-order valence-corrected chi connectivity index (χ4v) is 3.85. The molecule has 0 bridgehead atoms. The van der Waals surface area contributed by atoms with Crippen molar-refractivity contribution in [3.05, 3.63) is 59.7 Å². The van der Waals surface area contributed by atoms with E-state index >= 15 is 0 Å². The molecular weight excluding hydrogens is 375 g/mol. The predicted octanol–water partition coefficient (Wildman–Crippen LogP) is 5.37. The Hall–Kier alpha value is -2.60. The molecule has 1 saturated heterocycles. The second kappa shape index (κ2) is 7.67. The average Bonchev–Trinajstić information content (AvgIpc) is 2.72. The van der Waals surface area contributed by atoms with E-state index in [0.717, 1.165) is 67.0 Å². The van der Waals surface area contributed by atoms with Gasteiger partial charge in [0.15, 0.2) is 0 Å². The number of aromatic nitrogens is 1. The molecule has 0 saturated carbocycles. The molecule has 1 fully saturated rings. The van der Waals surface area contributed by atoms with Gasteiger partial charge in [-0.3, -0.25) is 0 Å². The number of aryl methyl sites for hydroxylation is 1. The molecule has 152 valence electrons. The Kier molecular flexibility index (Phi) is 5.21. The van der Waals surface area contributed by atoms with E-state index in [1.807, 2.05) is 13.0 Å². The molecule has 29 heavy (non-hydrogen) atoms. The highest BCUT2D eigenvalue weighted by Crippen LogP contribution is 2.34. The summed E-state index contributed by atoms with van der Waals surface area (Å²) in [7, 11) is 0. The Balaban J connectivity index is 1.77. The van der Waals surface area contributed by atoms with Crippen molar-refractivity contribution in [1.29, 1.82) is 0 Å². The minimum atomic E-state index is -4.34. The topological polar surface area (TPSA) is 19.4 Å². The van der Waals surface area contributed by atoms with Crippen LogP contribution in [0.1, 0.15) is 18.1 Å². The molecule has 6 heteroatoms. The summed E-state index contributed by atoms with van der Waals surface area (Å²) in [5, 5.41) is 2.14. The Morgan fingerprint density at radius 3 is 2.24 bits per heavy atom. The Bertz CT molecular complexity index is 1000. The van der Waals surface area contributed by atoms with Crippen LogP contribution in [0, 0.1) is 6.92 Å². The third-order valence-corrected chi connectivity index (χ3v) is 5.59. The van der Waals surface area contributed by atoms with Gasteiger partial charge in [0, 0.05) is 37.1 Å². The molecule has 0 atom stereocenters. The third-order valence-electron chi connectivity index (χ3n) is 5.59. The maximum atomic E-state index is 12.9. The summed E-state index contributed by atoms with van der Waals surface area (Å²) >= 11 is 0. The van der Waals surface area contributed by atoms with Crippen LogP contribution in [0.4, 0.5) is 19.0 Å². The second-order valence-electron chi connectivity index (χ2n) is 7.55. The number of hydrogen-bond acceptors (Lipinski definition) is 3. The molecule has 1 aliphatic rings. The minimum Gasteiger partial charge on any atom is -0.354 e. The van der Waals surface area contributed by atoms with Crippen molar-refractivity contribution >= 4 is 16.6 Å². The van der Waals surface area contributed by atoms with E-state index < -0.39 is 11.7 Å². The van der Waals surface area contributed by atoms with Crippen LogP contribution >= 0.6 is 0 Å². The quantitative estimate of drug-likeness (QED) is 0.590. The van der Waals surface area contributed by atoms with Crippen molar-refractivity contribution in [1.82, 2.24) is 9.88 Å². The number of likely N-dealkylation sites (N-methyl/N-ethyl adjacent to an activating group) is 1. The zero-order chi connectivity index (χ0) is 20.6. The van der Waals surface area contributed by atoms with Gasteiger partial charge >= 0.3 is 6.18 Å². The maximum Gasteiger partial charge on any atom is 0.416 e. The van der Waals surface area contributed by atoms with Crippen LogP contribution in [0.5, 0.6) is 0 Å². The molecule has 3 nitrogen and oxygen atoms in total. The number of hydrogen-bond donors (Lipinski definition) is 0. The number of benzene rings is 2. The molecule has 2 aromatic carbocycles. The maximum absolute atomic E-state index is 12.9. The zero-order valence-corrected chi connectivity index (χ0v) is 16.6. The molecule has 4 rings (SSSR count). The Morgan fingerprint density at radius 2 is 1.62 bits per heavy atom. The Labute approximate surface area is 168 Å². The molecule has 3 aromatic rings. The molecule has 2 heterocycles. The SMILES string of the molecule is CCN1CCN(c2nc(-c3ccc(C(F)(F)F)cc3)cc3cc(C)ccc23)CC1. The molecule has 0 radical (unpaired) electrons. The Morgan fingerprint density at radius 1 is 0.931 bits per heavy atom. The zero-order valence-electron chi connectivity index (χ0n) is 16.6. The van der Waals surface area contributed by atoms with Gasteiger partial charge in [-0.05, 0) is 37.1 Å². The van der Waals surface area contributed by atoms with Gasteiger partial charge in [-0.15, -0.1) is 0 Å². The summed E-state index contributed by atoms with van der Waals surface area (Å²) < 4.78 is 38.7. The van der Waals surface area contributed by atoms with Crippen LogP contribution in [-0.4, -0.2) is 42.6 Å². The number of alkyl halides is 3. The van der Waals surface area contributed by atoms with Crippen molar-refractivity contribution in [3.63, 3.8) is 0 Å². The van der Waals surface area contributed by atoms with E-state index in [-0.39, 0.29) is 0 Å². The number of halogens is 3. The second-order valence-corrected chi connectivity index (χ2v) is 7.55. The minimum absolute atomic E-state index is 0.645. The average molecular weight is 399 g/mol. The summed E-state index contributed by atoms with van der Waals surface area (Å²) in [5.74, 6) is 0.910. The van der Waals surface area contributed by atoms with Crippen LogP contribution in [0.25, 0.3) is 22.0 Å². The highest BCUT2D eigenvalue weighted by Gasteiger charge is 2.30. The summed E-state index contributed by atoms with van der Waals surface area (Å²) in [5.41, 5.74) is 1.89. The highest BCUT2D eigenvalue weighted by atomic mass is 19.4. The fourth-order valence-electron chi connectivity index (χ4n) is 3.85. The van der Waals surface area contributed by atoms with Crippen LogP contribution in [0.3, 0.4) is 0 Å². The molecule has 0 spiro atoms. The first kappa shape index (κ1) is 19.7. The van der Waals surface area contributed by atoms with Crippen molar-refractivity contribution in [2.45, 2.75) is 20.0 Å². The lowest BCUT2D eigenvalue weighted by molar-refractivity contribution is -0.137. The van der Waals surface area contributed by atoms with E-state index in [9.17, 15) is 13.2 Å². The molecule has 0 aliphatic carbocycles. The number of anilines is 1. The first-order valence-corrected chi connectivity index (χ1v) is 9.91. The van der Waals surface area contributed by atoms with Gasteiger partial charge < -0.3 is 9.80 Å². The lowest BCUT2D eigenvalue weighted by Gasteiger charge is -2.35. The number of pyridine rings is 1. The summed E-state index contributed by atoms with van der Waals surface area (Å²) in [4.78, 5) is 9.59. The van der Waals surface area contributed by atoms with Gasteiger partial charge in [0.2, 0.25) is 0 Å². The van der Waals surface area contributed by atoms with Crippen LogP contribution in [0.2, 0.25) is 0 Å². The number of piperazine rings is 1. The van der Waals surface area contributed by atoms with E-state index in [4.69, 9.17) is 4.98 Å². The summed E-state index contributed by atoms with van der Waals surface area (Å²) in [6.07, 6.45) is -4.34. The smallest absolute Gasteiger partial charge is 0.354 e. The molecule has 0 unspecified atom stereocenters. The third kappa shape index (κ3) is 4.08. The fraction of sp³-hybridized carbons (Fsp3) is 0.348. The molecule has 1 aliphatic heterocycles. The van der Waals surface area contributed by atoms with Crippen LogP contribution < -0.4 is 4.90 Å². The highest BCUT2D eigenvalue weighted by molar-refractivity contribution is 5.95. The molecular formula is C23H24F3N3. The number of fused-ring (bicyclic) bond motifs is 1. The van der Waals surface area contributed by atoms with Gasteiger partial charge in [-0.1, -0.05) is 42.8 Å². The molecule has 0 N–H and O–H groups in total. The molecule has 1 aromatic heterocycles. The lowest BCUT2D eigenvalue weighted by Crippen LogP contribution is -2.46. The van der Waals surface area contributed by atoms with E-state index in [0.29, 0.717) is 11.3 Å². The lowest BCUT2D eigenvalue weighted by atomic mass is 10.0. The van der Waals surface area contributed by atoms with E-state index in [1.54, 1.807) is 0 Å². The van der Waals surface area contributed by atoms with Crippen molar-refractivity contribution in [3.8, 4) is 11.3 Å². The van der Waals surface area contributed by atoms with Gasteiger partial charge in [-0.25, -0.2) is 4.98 Å². The first-order valence-electron chi connectivity index (χ1n) is 9.91. The number of nitrogens with zero attached hydrogens (tertiary/aromatic N) is 3. The van der Waals surface area contributed by atoms with Crippen LogP contribution in [-0.2, 0) is 6.18 Å². The monoisotopic (exact) mass is 399 g/mol. The summed E-state index contributed by atoms with van der Waals surface area (Å²) in [6.45, 7) is 8.98. The summed E-state index contributed by atoms with van der Waals surface area (Å²) in [6, 6.07) is 13.5. The van der Waals surface area contributed by atoms with E-state index in [1.165, 1.54) is 12.1 Å². The number of rotatable bonds is 3. The predicted molar refractivity (Wildman–Crippen MR) is 111 cm³/mol.